The van der Waals surface area contributed by atoms with Gasteiger partial charge in [0.15, 0.2) is 17.5 Å². The molecule has 0 fully saturated rings. The largest absolute Gasteiger partial charge is 0.399 e. The van der Waals surface area contributed by atoms with Crippen molar-refractivity contribution in [3.8, 4) is 0 Å². The lowest BCUT2D eigenvalue weighted by molar-refractivity contribution is 0.102. The number of rotatable bonds is 2. The van der Waals surface area contributed by atoms with Crippen molar-refractivity contribution < 1.29 is 18.0 Å². The van der Waals surface area contributed by atoms with Crippen LogP contribution in [0.4, 0.5) is 24.5 Å². The predicted octanol–water partition coefficient (Wildman–Crippen LogP) is 3.25. The number of hydrogen-bond acceptors (Lipinski definition) is 2. The molecule has 2 aromatic carbocycles. The number of carbonyl (C=O) groups is 1. The van der Waals surface area contributed by atoms with Gasteiger partial charge in [-0.25, -0.2) is 13.2 Å². The van der Waals surface area contributed by atoms with Crippen molar-refractivity contribution in [3.63, 3.8) is 0 Å². The fourth-order valence-corrected chi connectivity index (χ4v) is 1.67. The van der Waals surface area contributed by atoms with Crippen LogP contribution >= 0.6 is 0 Å². The standard InChI is InChI=1S/C14H11F3N2O/c1-7-2-3-8(18)6-11(7)19-14(20)9-4-5-10(15)13(17)12(9)16/h2-6H,18H2,1H3,(H,19,20). The van der Waals surface area contributed by atoms with Gasteiger partial charge >= 0.3 is 0 Å². The van der Waals surface area contributed by atoms with Crippen LogP contribution in [-0.4, -0.2) is 5.91 Å². The summed E-state index contributed by atoms with van der Waals surface area (Å²) < 4.78 is 39.4. The Bertz CT molecular complexity index is 686. The van der Waals surface area contributed by atoms with Gasteiger partial charge in [0.1, 0.15) is 0 Å². The highest BCUT2D eigenvalue weighted by Crippen LogP contribution is 2.21. The Hall–Kier alpha value is -2.50. The molecule has 0 heterocycles. The second-order valence-electron chi connectivity index (χ2n) is 4.25. The van der Waals surface area contributed by atoms with E-state index in [2.05, 4.69) is 5.32 Å². The number of hydrogen-bond donors (Lipinski definition) is 2. The molecule has 0 unspecified atom stereocenters. The van der Waals surface area contributed by atoms with E-state index in [4.69, 9.17) is 5.73 Å². The first-order chi connectivity index (χ1) is 9.40. The number of nitrogen functional groups attached to an aromatic ring is 1. The molecule has 6 heteroatoms. The Kier molecular flexibility index (Phi) is 3.65. The highest BCUT2D eigenvalue weighted by Gasteiger charge is 2.19. The maximum Gasteiger partial charge on any atom is 0.258 e. The molecule has 1 amide bonds. The Balaban J connectivity index is 2.33. The first-order valence-corrected chi connectivity index (χ1v) is 5.71. The minimum absolute atomic E-state index is 0.374. The number of anilines is 2. The lowest BCUT2D eigenvalue weighted by atomic mass is 10.1. The minimum atomic E-state index is -1.68. The van der Waals surface area contributed by atoms with Crippen molar-refractivity contribution in [2.24, 2.45) is 0 Å². The van der Waals surface area contributed by atoms with Crippen molar-refractivity contribution in [2.75, 3.05) is 11.1 Å². The molecule has 0 saturated carbocycles. The van der Waals surface area contributed by atoms with Gasteiger partial charge in [-0.15, -0.1) is 0 Å². The van der Waals surface area contributed by atoms with Crippen molar-refractivity contribution in [3.05, 3.63) is 58.9 Å². The summed E-state index contributed by atoms with van der Waals surface area (Å²) in [5, 5.41) is 2.41. The number of nitrogens with two attached hydrogens (primary N) is 1. The molecule has 0 aliphatic rings. The van der Waals surface area contributed by atoms with Crippen LogP contribution in [0.25, 0.3) is 0 Å². The van der Waals surface area contributed by atoms with Gasteiger partial charge in [0, 0.05) is 11.4 Å². The van der Waals surface area contributed by atoms with Gasteiger partial charge in [0.05, 0.1) is 5.56 Å². The number of amides is 1. The van der Waals surface area contributed by atoms with E-state index in [1.54, 1.807) is 19.1 Å². The summed E-state index contributed by atoms with van der Waals surface area (Å²) in [6.45, 7) is 1.72. The molecule has 3 nitrogen and oxygen atoms in total. The second-order valence-corrected chi connectivity index (χ2v) is 4.25. The van der Waals surface area contributed by atoms with E-state index < -0.39 is 28.9 Å². The van der Waals surface area contributed by atoms with Crippen molar-refractivity contribution in [2.45, 2.75) is 6.92 Å². The summed E-state index contributed by atoms with van der Waals surface area (Å²) in [5.74, 6) is -5.43. The van der Waals surface area contributed by atoms with Gasteiger partial charge in [0.25, 0.3) is 5.91 Å². The summed E-state index contributed by atoms with van der Waals surface area (Å²) in [7, 11) is 0. The van der Waals surface area contributed by atoms with E-state index in [0.29, 0.717) is 23.0 Å². The van der Waals surface area contributed by atoms with Gasteiger partial charge in [-0.2, -0.15) is 0 Å². The molecule has 0 radical (unpaired) electrons. The first kappa shape index (κ1) is 13.9. The lowest BCUT2D eigenvalue weighted by Crippen LogP contribution is -2.16. The summed E-state index contributed by atoms with van der Waals surface area (Å²) in [6, 6.07) is 6.38. The average Bonchev–Trinajstić information content (AvgIpc) is 2.40. The molecular formula is C14H11F3N2O. The van der Waals surface area contributed by atoms with Crippen molar-refractivity contribution in [1.29, 1.82) is 0 Å². The number of nitrogens with one attached hydrogen (secondary N) is 1. The molecule has 2 aromatic rings. The summed E-state index contributed by atoms with van der Waals surface area (Å²) in [6.07, 6.45) is 0. The van der Waals surface area contributed by atoms with Crippen molar-refractivity contribution >= 4 is 17.3 Å². The minimum Gasteiger partial charge on any atom is -0.399 e. The van der Waals surface area contributed by atoms with Gasteiger partial charge in [-0.1, -0.05) is 6.07 Å². The molecule has 0 atom stereocenters. The van der Waals surface area contributed by atoms with Crippen LogP contribution in [0.3, 0.4) is 0 Å². The van der Waals surface area contributed by atoms with Crippen LogP contribution in [0.15, 0.2) is 30.3 Å². The fraction of sp³-hybridized carbons (Fsp3) is 0.0714. The topological polar surface area (TPSA) is 55.1 Å². The zero-order valence-electron chi connectivity index (χ0n) is 10.5. The third-order valence-electron chi connectivity index (χ3n) is 2.79. The van der Waals surface area contributed by atoms with E-state index >= 15 is 0 Å². The molecule has 0 aliphatic heterocycles. The molecule has 0 saturated heterocycles. The molecule has 0 aliphatic carbocycles. The van der Waals surface area contributed by atoms with Gasteiger partial charge < -0.3 is 11.1 Å². The van der Waals surface area contributed by atoms with E-state index in [9.17, 15) is 18.0 Å². The Morgan fingerprint density at radius 1 is 1.10 bits per heavy atom. The number of carbonyl (C=O) groups excluding carboxylic acids is 1. The molecule has 0 aromatic heterocycles. The third kappa shape index (κ3) is 2.59. The first-order valence-electron chi connectivity index (χ1n) is 5.71. The maximum atomic E-state index is 13.5. The van der Waals surface area contributed by atoms with E-state index in [1.807, 2.05) is 0 Å². The lowest BCUT2D eigenvalue weighted by Gasteiger charge is -2.10. The van der Waals surface area contributed by atoms with E-state index in [-0.39, 0.29) is 0 Å². The van der Waals surface area contributed by atoms with Crippen LogP contribution in [0.2, 0.25) is 0 Å². The van der Waals surface area contributed by atoms with Gasteiger partial charge in [-0.05, 0) is 36.8 Å². The molecule has 2 rings (SSSR count). The number of aryl methyl sites for hydroxylation is 1. The number of halogens is 3. The van der Waals surface area contributed by atoms with Gasteiger partial charge in [0.2, 0.25) is 0 Å². The highest BCUT2D eigenvalue weighted by atomic mass is 19.2. The molecular weight excluding hydrogens is 269 g/mol. The van der Waals surface area contributed by atoms with Crippen LogP contribution < -0.4 is 11.1 Å². The molecule has 3 N–H and O–H groups in total. The monoisotopic (exact) mass is 280 g/mol. The SMILES string of the molecule is Cc1ccc(N)cc1NC(=O)c1ccc(F)c(F)c1F. The van der Waals surface area contributed by atoms with Crippen LogP contribution in [0.5, 0.6) is 0 Å². The Labute approximate surface area is 113 Å². The quantitative estimate of drug-likeness (QED) is 0.655. The zero-order chi connectivity index (χ0) is 14.9. The number of benzene rings is 2. The smallest absolute Gasteiger partial charge is 0.258 e. The van der Waals surface area contributed by atoms with Crippen LogP contribution in [0.1, 0.15) is 15.9 Å². The summed E-state index contributed by atoms with van der Waals surface area (Å²) >= 11 is 0. The summed E-state index contributed by atoms with van der Waals surface area (Å²) in [5.41, 5.74) is 6.49. The maximum absolute atomic E-state index is 13.5. The van der Waals surface area contributed by atoms with Crippen LogP contribution in [-0.2, 0) is 0 Å². The average molecular weight is 280 g/mol. The highest BCUT2D eigenvalue weighted by molar-refractivity contribution is 6.05. The zero-order valence-corrected chi connectivity index (χ0v) is 10.5. The summed E-state index contributed by atoms with van der Waals surface area (Å²) in [4.78, 5) is 11.9. The Morgan fingerprint density at radius 2 is 1.80 bits per heavy atom. The van der Waals surface area contributed by atoms with Crippen molar-refractivity contribution in [1.82, 2.24) is 0 Å². The van der Waals surface area contributed by atoms with Crippen LogP contribution in [0, 0.1) is 24.4 Å². The predicted molar refractivity (Wildman–Crippen MR) is 69.9 cm³/mol. The second kappa shape index (κ2) is 5.24. The fourth-order valence-electron chi connectivity index (χ4n) is 1.67. The Morgan fingerprint density at radius 3 is 2.50 bits per heavy atom. The molecule has 104 valence electrons. The molecule has 0 spiro atoms. The third-order valence-corrected chi connectivity index (χ3v) is 2.79. The van der Waals surface area contributed by atoms with E-state index in [1.165, 1.54) is 6.07 Å². The molecule has 20 heavy (non-hydrogen) atoms. The van der Waals surface area contributed by atoms with E-state index in [0.717, 1.165) is 6.07 Å². The van der Waals surface area contributed by atoms with Gasteiger partial charge in [-0.3, -0.25) is 4.79 Å². The normalized spacial score (nSPS) is 10.4. The molecule has 0 bridgehead atoms.